The van der Waals surface area contributed by atoms with Crippen LogP contribution >= 0.6 is 11.3 Å². The fraction of sp³-hybridized carbons (Fsp3) is 0.250. The predicted molar refractivity (Wildman–Crippen MR) is 71.7 cm³/mol. The molecule has 0 spiro atoms. The molecule has 0 radical (unpaired) electrons. The molecule has 0 aliphatic rings. The average Bonchev–Trinajstić information content (AvgIpc) is 2.89. The zero-order chi connectivity index (χ0) is 13.0. The summed E-state index contributed by atoms with van der Waals surface area (Å²) in [5, 5.41) is 5.20. The number of anilines is 1. The first-order chi connectivity index (χ1) is 8.66. The van der Waals surface area contributed by atoms with Gasteiger partial charge in [-0.25, -0.2) is 4.98 Å². The predicted octanol–water partition coefficient (Wildman–Crippen LogP) is 1.85. The molecule has 2 heterocycles. The molecular formula is C12H14N4OS. The summed E-state index contributed by atoms with van der Waals surface area (Å²) in [4.78, 5) is 21.5. The number of thiazole rings is 1. The number of hydrogen-bond acceptors (Lipinski definition) is 5. The van der Waals surface area contributed by atoms with Crippen LogP contribution in [0.2, 0.25) is 0 Å². The molecule has 1 N–H and O–H groups in total. The van der Waals surface area contributed by atoms with Gasteiger partial charge < -0.3 is 10.2 Å². The molecule has 6 heteroatoms. The van der Waals surface area contributed by atoms with Crippen LogP contribution in [0.15, 0.2) is 29.2 Å². The summed E-state index contributed by atoms with van der Waals surface area (Å²) >= 11 is 1.56. The molecule has 1 amide bonds. The van der Waals surface area contributed by atoms with Crippen molar-refractivity contribution in [2.75, 3.05) is 19.4 Å². The van der Waals surface area contributed by atoms with Crippen LogP contribution in [0.3, 0.4) is 0 Å². The summed E-state index contributed by atoms with van der Waals surface area (Å²) in [6, 6.07) is 3.58. The van der Waals surface area contributed by atoms with E-state index in [0.717, 1.165) is 11.4 Å². The van der Waals surface area contributed by atoms with Gasteiger partial charge in [-0.15, -0.1) is 11.3 Å². The number of nitrogens with zero attached hydrogens (tertiary/aromatic N) is 3. The highest BCUT2D eigenvalue weighted by atomic mass is 32.1. The Kier molecular flexibility index (Phi) is 3.88. The van der Waals surface area contributed by atoms with E-state index in [1.165, 1.54) is 4.90 Å². The molecule has 2 rings (SSSR count). The second-order valence-electron chi connectivity index (χ2n) is 3.96. The van der Waals surface area contributed by atoms with Gasteiger partial charge in [0.15, 0.2) is 0 Å². The van der Waals surface area contributed by atoms with Crippen LogP contribution in [0.5, 0.6) is 0 Å². The maximum absolute atomic E-state index is 11.8. The first-order valence-electron chi connectivity index (χ1n) is 5.45. The molecule has 0 aromatic carbocycles. The molecule has 0 bridgehead atoms. The van der Waals surface area contributed by atoms with Crippen LogP contribution in [0.1, 0.15) is 16.2 Å². The van der Waals surface area contributed by atoms with Gasteiger partial charge in [-0.3, -0.25) is 9.78 Å². The maximum atomic E-state index is 11.8. The van der Waals surface area contributed by atoms with Crippen molar-refractivity contribution in [1.82, 2.24) is 14.9 Å². The minimum Gasteiger partial charge on any atom is -0.379 e. The van der Waals surface area contributed by atoms with Crippen LogP contribution < -0.4 is 5.32 Å². The highest BCUT2D eigenvalue weighted by Crippen LogP contribution is 2.11. The van der Waals surface area contributed by atoms with E-state index in [9.17, 15) is 4.79 Å². The summed E-state index contributed by atoms with van der Waals surface area (Å²) in [5.74, 6) is -0.104. The van der Waals surface area contributed by atoms with Crippen LogP contribution in [0.4, 0.5) is 5.69 Å². The lowest BCUT2D eigenvalue weighted by Gasteiger charge is -2.10. The maximum Gasteiger partial charge on any atom is 0.272 e. The van der Waals surface area contributed by atoms with E-state index in [-0.39, 0.29) is 5.91 Å². The van der Waals surface area contributed by atoms with E-state index in [0.29, 0.717) is 12.2 Å². The number of carbonyl (C=O) groups excluding carboxylic acids is 1. The summed E-state index contributed by atoms with van der Waals surface area (Å²) in [5.41, 5.74) is 4.08. The van der Waals surface area contributed by atoms with Crippen LogP contribution in [-0.4, -0.2) is 34.9 Å². The Morgan fingerprint density at radius 1 is 1.44 bits per heavy atom. The largest absolute Gasteiger partial charge is 0.379 e. The molecule has 94 valence electrons. The Morgan fingerprint density at radius 3 is 2.94 bits per heavy atom. The molecular weight excluding hydrogens is 248 g/mol. The van der Waals surface area contributed by atoms with Gasteiger partial charge in [0, 0.05) is 31.4 Å². The normalized spacial score (nSPS) is 10.1. The highest BCUT2D eigenvalue weighted by Gasteiger charge is 2.09. The summed E-state index contributed by atoms with van der Waals surface area (Å²) in [6.45, 7) is 0.642. The molecule has 0 unspecified atom stereocenters. The van der Waals surface area contributed by atoms with E-state index in [4.69, 9.17) is 0 Å². The molecule has 0 saturated carbocycles. The first-order valence-corrected chi connectivity index (χ1v) is 6.40. The minimum atomic E-state index is -0.104. The van der Waals surface area contributed by atoms with Crippen molar-refractivity contribution >= 4 is 22.9 Å². The number of nitrogens with one attached hydrogen (secondary N) is 1. The average molecular weight is 262 g/mol. The third-order valence-corrected chi connectivity index (χ3v) is 2.98. The molecule has 0 fully saturated rings. The summed E-state index contributed by atoms with van der Waals surface area (Å²) in [7, 11) is 3.42. The van der Waals surface area contributed by atoms with Crippen LogP contribution in [0, 0.1) is 0 Å². The molecule has 0 atom stereocenters. The van der Waals surface area contributed by atoms with Crippen LogP contribution in [0.25, 0.3) is 0 Å². The number of amides is 1. The topological polar surface area (TPSA) is 58.1 Å². The van der Waals surface area contributed by atoms with E-state index in [2.05, 4.69) is 15.3 Å². The Bertz CT molecular complexity index is 525. The molecule has 2 aromatic heterocycles. The number of hydrogen-bond donors (Lipinski definition) is 1. The lowest BCUT2D eigenvalue weighted by atomic mass is 10.3. The van der Waals surface area contributed by atoms with Crippen molar-refractivity contribution in [1.29, 1.82) is 0 Å². The van der Waals surface area contributed by atoms with Gasteiger partial charge in [0.2, 0.25) is 0 Å². The lowest BCUT2D eigenvalue weighted by Crippen LogP contribution is -2.22. The summed E-state index contributed by atoms with van der Waals surface area (Å²) < 4.78 is 0. The fourth-order valence-electron chi connectivity index (χ4n) is 1.40. The Morgan fingerprint density at radius 2 is 2.28 bits per heavy atom. The van der Waals surface area contributed by atoms with Gasteiger partial charge in [0.05, 0.1) is 17.7 Å². The monoisotopic (exact) mass is 262 g/mol. The van der Waals surface area contributed by atoms with Gasteiger partial charge in [0.25, 0.3) is 5.91 Å². The van der Waals surface area contributed by atoms with Gasteiger partial charge in [-0.05, 0) is 12.1 Å². The van der Waals surface area contributed by atoms with Crippen molar-refractivity contribution in [2.45, 2.75) is 6.54 Å². The van der Waals surface area contributed by atoms with Crippen molar-refractivity contribution in [3.8, 4) is 0 Å². The molecule has 0 saturated heterocycles. The number of pyridine rings is 1. The van der Waals surface area contributed by atoms with E-state index >= 15 is 0 Å². The van der Waals surface area contributed by atoms with Crippen molar-refractivity contribution in [3.05, 3.63) is 40.6 Å². The molecule has 18 heavy (non-hydrogen) atoms. The Hall–Kier alpha value is -1.95. The van der Waals surface area contributed by atoms with E-state index in [1.54, 1.807) is 43.2 Å². The SMILES string of the molecule is CN(C)C(=O)c1cc(NCc2cscn2)ccn1. The van der Waals surface area contributed by atoms with E-state index in [1.807, 2.05) is 11.4 Å². The minimum absolute atomic E-state index is 0.104. The zero-order valence-electron chi connectivity index (χ0n) is 10.3. The Balaban J connectivity index is 2.05. The van der Waals surface area contributed by atoms with E-state index < -0.39 is 0 Å². The number of carbonyl (C=O) groups is 1. The van der Waals surface area contributed by atoms with Crippen molar-refractivity contribution in [2.24, 2.45) is 0 Å². The Labute approximate surface area is 109 Å². The van der Waals surface area contributed by atoms with Crippen molar-refractivity contribution < 1.29 is 4.79 Å². The quantitative estimate of drug-likeness (QED) is 0.913. The lowest BCUT2D eigenvalue weighted by molar-refractivity contribution is 0.0822. The second kappa shape index (κ2) is 5.59. The zero-order valence-corrected chi connectivity index (χ0v) is 11.1. The first kappa shape index (κ1) is 12.5. The fourth-order valence-corrected chi connectivity index (χ4v) is 1.96. The van der Waals surface area contributed by atoms with Crippen LogP contribution in [-0.2, 0) is 6.54 Å². The third-order valence-electron chi connectivity index (χ3n) is 2.34. The smallest absolute Gasteiger partial charge is 0.272 e. The number of rotatable bonds is 4. The van der Waals surface area contributed by atoms with Crippen molar-refractivity contribution in [3.63, 3.8) is 0 Å². The molecule has 0 aliphatic carbocycles. The van der Waals surface area contributed by atoms with Gasteiger partial charge >= 0.3 is 0 Å². The molecule has 5 nitrogen and oxygen atoms in total. The third kappa shape index (κ3) is 3.04. The molecule has 0 aliphatic heterocycles. The standard InChI is InChI=1S/C12H14N4OS/c1-16(2)12(17)11-5-9(3-4-13-11)14-6-10-7-18-8-15-10/h3-5,7-8H,6H2,1-2H3,(H,13,14). The van der Waals surface area contributed by atoms with Gasteiger partial charge in [-0.2, -0.15) is 0 Å². The number of aromatic nitrogens is 2. The second-order valence-corrected chi connectivity index (χ2v) is 4.68. The highest BCUT2D eigenvalue weighted by molar-refractivity contribution is 7.07. The van der Waals surface area contributed by atoms with Gasteiger partial charge in [-0.1, -0.05) is 0 Å². The van der Waals surface area contributed by atoms with Gasteiger partial charge in [0.1, 0.15) is 5.69 Å². The summed E-state index contributed by atoms with van der Waals surface area (Å²) in [6.07, 6.45) is 1.63. The molecule has 2 aromatic rings.